The van der Waals surface area contributed by atoms with Gasteiger partial charge in [0.05, 0.1) is 23.3 Å². The first-order valence-electron chi connectivity index (χ1n) is 13.8. The van der Waals surface area contributed by atoms with Crippen molar-refractivity contribution in [3.63, 3.8) is 0 Å². The van der Waals surface area contributed by atoms with E-state index in [0.717, 1.165) is 48.7 Å². The number of nitriles is 2. The van der Waals surface area contributed by atoms with Gasteiger partial charge in [-0.05, 0) is 135 Å². The fraction of sp³-hybridized carbons (Fsp3) is 0.562. The number of nitrogens with zero attached hydrogens (tertiary/aromatic N) is 2. The Morgan fingerprint density at radius 2 is 1.00 bits per heavy atom. The molecule has 4 rings (SSSR count). The SMILES string of the molecule is COCC1CCC(Cc2cc(C#N)ccc2Oc2ccc(C#N)cc2CC2CCC(COC)CC2)CC1. The van der Waals surface area contributed by atoms with Crippen molar-refractivity contribution in [1.82, 2.24) is 0 Å². The summed E-state index contributed by atoms with van der Waals surface area (Å²) in [4.78, 5) is 0. The van der Waals surface area contributed by atoms with Gasteiger partial charge in [-0.3, -0.25) is 0 Å². The summed E-state index contributed by atoms with van der Waals surface area (Å²) in [6.07, 6.45) is 11.3. The minimum Gasteiger partial charge on any atom is -0.457 e. The molecular weight excluding hydrogens is 460 g/mol. The first-order chi connectivity index (χ1) is 18.1. The van der Waals surface area contributed by atoms with Gasteiger partial charge in [-0.15, -0.1) is 0 Å². The highest BCUT2D eigenvalue weighted by Crippen LogP contribution is 2.38. The van der Waals surface area contributed by atoms with E-state index in [1.807, 2.05) is 36.4 Å². The number of hydrogen-bond donors (Lipinski definition) is 0. The molecule has 0 spiro atoms. The maximum atomic E-state index is 9.54. The van der Waals surface area contributed by atoms with E-state index >= 15 is 0 Å². The second-order valence-electron chi connectivity index (χ2n) is 11.1. The molecule has 0 heterocycles. The van der Waals surface area contributed by atoms with E-state index in [1.165, 1.54) is 51.4 Å². The van der Waals surface area contributed by atoms with Crippen molar-refractivity contribution in [2.75, 3.05) is 27.4 Å². The summed E-state index contributed by atoms with van der Waals surface area (Å²) in [6.45, 7) is 1.70. The van der Waals surface area contributed by atoms with Crippen LogP contribution in [-0.4, -0.2) is 27.4 Å². The average molecular weight is 501 g/mol. The van der Waals surface area contributed by atoms with Crippen LogP contribution in [0, 0.1) is 46.3 Å². The highest BCUT2D eigenvalue weighted by atomic mass is 16.5. The third-order valence-corrected chi connectivity index (χ3v) is 8.35. The van der Waals surface area contributed by atoms with E-state index in [0.29, 0.717) is 34.8 Å². The summed E-state index contributed by atoms with van der Waals surface area (Å²) in [6, 6.07) is 16.2. The number of methoxy groups -OCH3 is 2. The van der Waals surface area contributed by atoms with Gasteiger partial charge in [0.1, 0.15) is 11.5 Å². The molecule has 0 aromatic heterocycles. The van der Waals surface area contributed by atoms with E-state index in [1.54, 1.807) is 14.2 Å². The lowest BCUT2D eigenvalue weighted by Crippen LogP contribution is -2.20. The second-order valence-corrected chi connectivity index (χ2v) is 11.1. The molecule has 2 aromatic rings. The molecule has 2 aliphatic rings. The van der Waals surface area contributed by atoms with Crippen LogP contribution in [0.1, 0.15) is 73.6 Å². The number of hydrogen-bond acceptors (Lipinski definition) is 5. The number of benzene rings is 2. The monoisotopic (exact) mass is 500 g/mol. The molecule has 196 valence electrons. The van der Waals surface area contributed by atoms with Gasteiger partial charge >= 0.3 is 0 Å². The largest absolute Gasteiger partial charge is 0.457 e. The molecule has 2 fully saturated rings. The van der Waals surface area contributed by atoms with Gasteiger partial charge in [0.25, 0.3) is 0 Å². The van der Waals surface area contributed by atoms with Gasteiger partial charge in [0.2, 0.25) is 0 Å². The molecule has 0 radical (unpaired) electrons. The van der Waals surface area contributed by atoms with Crippen LogP contribution in [0.25, 0.3) is 0 Å². The Labute approximate surface area is 222 Å². The molecule has 5 nitrogen and oxygen atoms in total. The molecule has 2 saturated carbocycles. The van der Waals surface area contributed by atoms with E-state index in [2.05, 4.69) is 12.1 Å². The van der Waals surface area contributed by atoms with E-state index < -0.39 is 0 Å². The van der Waals surface area contributed by atoms with Gasteiger partial charge in [0, 0.05) is 27.4 Å². The molecule has 5 heteroatoms. The lowest BCUT2D eigenvalue weighted by molar-refractivity contribution is 0.119. The van der Waals surface area contributed by atoms with Crippen molar-refractivity contribution >= 4 is 0 Å². The standard InChI is InChI=1S/C32H40N2O3/c1-35-21-25-7-3-23(4-8-25)15-29-17-27(19-33)11-13-31(29)37-32-14-12-28(20-34)18-30(32)16-24-5-9-26(10-6-24)22-36-2/h11-14,17-18,23-26H,3-10,15-16,21-22H2,1-2H3. The number of ether oxygens (including phenoxy) is 3. The molecular formula is C32H40N2O3. The van der Waals surface area contributed by atoms with Crippen LogP contribution in [0.15, 0.2) is 36.4 Å². The minimum atomic E-state index is 0.590. The Morgan fingerprint density at radius 3 is 1.35 bits per heavy atom. The third kappa shape index (κ3) is 7.57. The van der Waals surface area contributed by atoms with Crippen LogP contribution >= 0.6 is 0 Å². The maximum Gasteiger partial charge on any atom is 0.130 e. The number of rotatable bonds is 10. The Hall–Kier alpha value is -2.86. The predicted octanol–water partition coefficient (Wildman–Crippen LogP) is 7.21. The molecule has 0 unspecified atom stereocenters. The Balaban J connectivity index is 1.50. The van der Waals surface area contributed by atoms with Gasteiger partial charge in [-0.2, -0.15) is 10.5 Å². The van der Waals surface area contributed by atoms with Crippen molar-refractivity contribution < 1.29 is 14.2 Å². The lowest BCUT2D eigenvalue weighted by atomic mass is 9.79. The smallest absolute Gasteiger partial charge is 0.130 e. The third-order valence-electron chi connectivity index (χ3n) is 8.35. The van der Waals surface area contributed by atoms with Crippen molar-refractivity contribution in [1.29, 1.82) is 10.5 Å². The molecule has 2 aliphatic carbocycles. The Kier molecular flexibility index (Phi) is 10.0. The van der Waals surface area contributed by atoms with Crippen molar-refractivity contribution in [2.45, 2.75) is 64.2 Å². The molecule has 37 heavy (non-hydrogen) atoms. The lowest BCUT2D eigenvalue weighted by Gasteiger charge is -2.29. The quantitative estimate of drug-likeness (QED) is 0.344. The van der Waals surface area contributed by atoms with Crippen LogP contribution in [0.4, 0.5) is 0 Å². The molecule has 0 atom stereocenters. The fourth-order valence-electron chi connectivity index (χ4n) is 6.23. The molecule has 2 aromatic carbocycles. The Bertz CT molecular complexity index is 1010. The van der Waals surface area contributed by atoms with Crippen molar-refractivity contribution in [3.05, 3.63) is 58.7 Å². The highest BCUT2D eigenvalue weighted by Gasteiger charge is 2.25. The van der Waals surface area contributed by atoms with Gasteiger partial charge in [-0.25, -0.2) is 0 Å². The molecule has 0 aliphatic heterocycles. The first kappa shape index (κ1) is 27.2. The van der Waals surface area contributed by atoms with Gasteiger partial charge in [0.15, 0.2) is 0 Å². The normalized spacial score (nSPS) is 23.7. The zero-order valence-corrected chi connectivity index (χ0v) is 22.4. The van der Waals surface area contributed by atoms with E-state index in [-0.39, 0.29) is 0 Å². The van der Waals surface area contributed by atoms with Crippen molar-refractivity contribution in [2.24, 2.45) is 23.7 Å². The average Bonchev–Trinajstić information content (AvgIpc) is 2.93. The zero-order chi connectivity index (χ0) is 26.0. The Morgan fingerprint density at radius 1 is 0.622 bits per heavy atom. The highest BCUT2D eigenvalue weighted by molar-refractivity contribution is 5.48. The fourth-order valence-corrected chi connectivity index (χ4v) is 6.23. The summed E-state index contributed by atoms with van der Waals surface area (Å²) >= 11 is 0. The summed E-state index contributed by atoms with van der Waals surface area (Å²) in [5.41, 5.74) is 3.54. The zero-order valence-electron chi connectivity index (χ0n) is 22.4. The molecule has 0 amide bonds. The van der Waals surface area contributed by atoms with E-state index in [4.69, 9.17) is 14.2 Å². The summed E-state index contributed by atoms with van der Waals surface area (Å²) in [7, 11) is 3.57. The van der Waals surface area contributed by atoms with Crippen LogP contribution in [0.3, 0.4) is 0 Å². The van der Waals surface area contributed by atoms with Crippen molar-refractivity contribution in [3.8, 4) is 23.6 Å². The van der Waals surface area contributed by atoms with Crippen LogP contribution in [0.5, 0.6) is 11.5 Å². The summed E-state index contributed by atoms with van der Waals surface area (Å²) < 4.78 is 17.3. The van der Waals surface area contributed by atoms with Crippen LogP contribution in [-0.2, 0) is 22.3 Å². The minimum absolute atomic E-state index is 0.590. The predicted molar refractivity (Wildman–Crippen MR) is 144 cm³/mol. The van der Waals surface area contributed by atoms with Gasteiger partial charge in [-0.1, -0.05) is 0 Å². The van der Waals surface area contributed by atoms with E-state index in [9.17, 15) is 10.5 Å². The van der Waals surface area contributed by atoms with Crippen LogP contribution < -0.4 is 4.74 Å². The topological polar surface area (TPSA) is 75.3 Å². The maximum absolute atomic E-state index is 9.54. The summed E-state index contributed by atoms with van der Waals surface area (Å²) in [5, 5.41) is 19.1. The second kappa shape index (κ2) is 13.6. The molecule has 0 N–H and O–H groups in total. The summed E-state index contributed by atoms with van der Waals surface area (Å²) in [5.74, 6) is 4.15. The molecule has 0 saturated heterocycles. The first-order valence-corrected chi connectivity index (χ1v) is 13.8. The van der Waals surface area contributed by atoms with Gasteiger partial charge < -0.3 is 14.2 Å². The van der Waals surface area contributed by atoms with Crippen LogP contribution in [0.2, 0.25) is 0 Å². The molecule has 0 bridgehead atoms.